The van der Waals surface area contributed by atoms with Crippen LogP contribution in [0.4, 0.5) is 4.39 Å². The van der Waals surface area contributed by atoms with Crippen LogP contribution < -0.4 is 5.73 Å². The second-order valence-electron chi connectivity index (χ2n) is 4.58. The van der Waals surface area contributed by atoms with Gasteiger partial charge in [0.05, 0.1) is 0 Å². The third-order valence-electron chi connectivity index (χ3n) is 3.53. The van der Waals surface area contributed by atoms with Crippen LogP contribution in [0.5, 0.6) is 0 Å². The molecule has 2 nitrogen and oxygen atoms in total. The van der Waals surface area contributed by atoms with Crippen LogP contribution in [-0.2, 0) is 0 Å². The van der Waals surface area contributed by atoms with Crippen LogP contribution in [0.2, 0.25) is 0 Å². The Morgan fingerprint density at radius 1 is 1.44 bits per heavy atom. The van der Waals surface area contributed by atoms with Crippen molar-refractivity contribution in [2.75, 3.05) is 20.1 Å². The van der Waals surface area contributed by atoms with Gasteiger partial charge in [0.2, 0.25) is 0 Å². The Labute approximate surface area is 96.2 Å². The molecule has 1 aliphatic heterocycles. The first-order valence-corrected chi connectivity index (χ1v) is 5.88. The highest BCUT2D eigenvalue weighted by molar-refractivity contribution is 5.22. The number of likely N-dealkylation sites (tertiary alicyclic amines) is 1. The third kappa shape index (κ3) is 2.11. The van der Waals surface area contributed by atoms with Crippen molar-refractivity contribution in [1.82, 2.24) is 4.90 Å². The van der Waals surface area contributed by atoms with Gasteiger partial charge in [0.1, 0.15) is 5.82 Å². The Balaban J connectivity index is 2.32. The van der Waals surface area contributed by atoms with Crippen molar-refractivity contribution in [3.05, 3.63) is 35.6 Å². The molecule has 16 heavy (non-hydrogen) atoms. The lowest BCUT2D eigenvalue weighted by Crippen LogP contribution is -2.39. The molecule has 0 bridgehead atoms. The smallest absolute Gasteiger partial charge is 0.127 e. The van der Waals surface area contributed by atoms with Gasteiger partial charge in [0, 0.05) is 11.6 Å². The molecule has 0 radical (unpaired) electrons. The highest BCUT2D eigenvalue weighted by Gasteiger charge is 2.30. The van der Waals surface area contributed by atoms with Gasteiger partial charge in [0.25, 0.3) is 0 Å². The summed E-state index contributed by atoms with van der Waals surface area (Å²) in [5, 5.41) is 0. The molecule has 1 aromatic carbocycles. The Morgan fingerprint density at radius 3 is 2.88 bits per heavy atom. The van der Waals surface area contributed by atoms with Crippen molar-refractivity contribution < 1.29 is 4.39 Å². The minimum absolute atomic E-state index is 0.111. The summed E-state index contributed by atoms with van der Waals surface area (Å²) in [6.07, 6.45) is 2.25. The molecule has 0 unspecified atom stereocenters. The average molecular weight is 222 g/mol. The van der Waals surface area contributed by atoms with Gasteiger partial charge in [-0.3, -0.25) is 4.90 Å². The molecule has 1 aliphatic rings. The third-order valence-corrected chi connectivity index (χ3v) is 3.53. The summed E-state index contributed by atoms with van der Waals surface area (Å²) in [5.74, 6) is 0.260. The number of hydrogen-bond donors (Lipinski definition) is 1. The number of nitrogens with two attached hydrogens (primary N) is 1. The maximum Gasteiger partial charge on any atom is 0.127 e. The first-order chi connectivity index (χ1) is 7.74. The number of piperidine rings is 1. The van der Waals surface area contributed by atoms with Gasteiger partial charge < -0.3 is 5.73 Å². The molecular formula is C13H19FN2. The summed E-state index contributed by atoms with van der Waals surface area (Å²) >= 11 is 0. The molecule has 2 rings (SSSR count). The lowest BCUT2D eigenvalue weighted by molar-refractivity contribution is 0.122. The fourth-order valence-corrected chi connectivity index (χ4v) is 2.71. The van der Waals surface area contributed by atoms with Crippen molar-refractivity contribution in [1.29, 1.82) is 0 Å². The molecule has 0 amide bonds. The zero-order chi connectivity index (χ0) is 11.5. The maximum absolute atomic E-state index is 13.8. The van der Waals surface area contributed by atoms with Crippen LogP contribution >= 0.6 is 0 Å². The summed E-state index contributed by atoms with van der Waals surface area (Å²) in [6.45, 7) is 1.65. The topological polar surface area (TPSA) is 29.3 Å². The second-order valence-corrected chi connectivity index (χ2v) is 4.58. The van der Waals surface area contributed by atoms with E-state index in [-0.39, 0.29) is 11.9 Å². The molecule has 1 fully saturated rings. The Hall–Kier alpha value is -0.930. The van der Waals surface area contributed by atoms with Gasteiger partial charge in [-0.15, -0.1) is 0 Å². The minimum Gasteiger partial charge on any atom is -0.330 e. The van der Waals surface area contributed by atoms with E-state index in [1.165, 1.54) is 6.07 Å². The van der Waals surface area contributed by atoms with Crippen molar-refractivity contribution in [3.8, 4) is 0 Å². The van der Waals surface area contributed by atoms with E-state index in [0.717, 1.165) is 24.9 Å². The van der Waals surface area contributed by atoms with E-state index in [1.807, 2.05) is 12.1 Å². The average Bonchev–Trinajstić information content (AvgIpc) is 2.30. The summed E-state index contributed by atoms with van der Waals surface area (Å²) in [5.41, 5.74) is 6.59. The van der Waals surface area contributed by atoms with Gasteiger partial charge in [-0.1, -0.05) is 18.2 Å². The highest BCUT2D eigenvalue weighted by Crippen LogP contribution is 2.35. The predicted octanol–water partition coefficient (Wildman–Crippen LogP) is 2.17. The van der Waals surface area contributed by atoms with Gasteiger partial charge in [-0.2, -0.15) is 0 Å². The number of rotatable bonds is 2. The van der Waals surface area contributed by atoms with E-state index >= 15 is 0 Å². The Bertz CT molecular complexity index is 354. The first kappa shape index (κ1) is 11.6. The molecule has 1 aromatic rings. The Kier molecular flexibility index (Phi) is 3.56. The molecular weight excluding hydrogens is 203 g/mol. The van der Waals surface area contributed by atoms with Gasteiger partial charge in [-0.25, -0.2) is 4.39 Å². The molecule has 0 spiro atoms. The van der Waals surface area contributed by atoms with Gasteiger partial charge >= 0.3 is 0 Å². The van der Waals surface area contributed by atoms with E-state index in [0.29, 0.717) is 12.5 Å². The number of benzene rings is 1. The molecule has 1 heterocycles. The number of halogens is 1. The SMILES string of the molecule is CN1CCC[C@H](CN)[C@H]1c1ccccc1F. The van der Waals surface area contributed by atoms with Crippen molar-refractivity contribution in [3.63, 3.8) is 0 Å². The van der Waals surface area contributed by atoms with Gasteiger partial charge in [-0.05, 0) is 45.0 Å². The zero-order valence-corrected chi connectivity index (χ0v) is 9.70. The fraction of sp³-hybridized carbons (Fsp3) is 0.538. The highest BCUT2D eigenvalue weighted by atomic mass is 19.1. The van der Waals surface area contributed by atoms with Crippen LogP contribution in [0.15, 0.2) is 24.3 Å². The summed E-state index contributed by atoms with van der Waals surface area (Å²) in [4.78, 5) is 2.22. The van der Waals surface area contributed by atoms with Gasteiger partial charge in [0.15, 0.2) is 0 Å². The minimum atomic E-state index is -0.111. The second kappa shape index (κ2) is 4.93. The number of hydrogen-bond acceptors (Lipinski definition) is 2. The monoisotopic (exact) mass is 222 g/mol. The van der Waals surface area contributed by atoms with Crippen LogP contribution in [0.25, 0.3) is 0 Å². The fourth-order valence-electron chi connectivity index (χ4n) is 2.71. The largest absolute Gasteiger partial charge is 0.330 e. The van der Waals surface area contributed by atoms with Crippen LogP contribution in [0, 0.1) is 11.7 Å². The molecule has 1 saturated heterocycles. The number of nitrogens with zero attached hydrogens (tertiary/aromatic N) is 1. The maximum atomic E-state index is 13.8. The van der Waals surface area contributed by atoms with Crippen molar-refractivity contribution in [2.45, 2.75) is 18.9 Å². The quantitative estimate of drug-likeness (QED) is 0.831. The predicted molar refractivity (Wildman–Crippen MR) is 63.5 cm³/mol. The van der Waals surface area contributed by atoms with Crippen molar-refractivity contribution in [2.24, 2.45) is 11.7 Å². The molecule has 2 atom stereocenters. The van der Waals surface area contributed by atoms with Crippen LogP contribution in [-0.4, -0.2) is 25.0 Å². The van der Waals surface area contributed by atoms with E-state index in [2.05, 4.69) is 11.9 Å². The summed E-state index contributed by atoms with van der Waals surface area (Å²) in [7, 11) is 2.05. The van der Waals surface area contributed by atoms with E-state index in [4.69, 9.17) is 5.73 Å². The first-order valence-electron chi connectivity index (χ1n) is 5.88. The van der Waals surface area contributed by atoms with E-state index in [9.17, 15) is 4.39 Å². The standard InChI is InChI=1S/C13H19FN2/c1-16-8-4-5-10(9-15)13(16)11-6-2-3-7-12(11)14/h2-3,6-7,10,13H,4-5,8-9,15H2,1H3/t10-,13+/m1/s1. The normalized spacial score (nSPS) is 26.9. The van der Waals surface area contributed by atoms with E-state index in [1.54, 1.807) is 6.07 Å². The molecule has 0 aliphatic carbocycles. The zero-order valence-electron chi connectivity index (χ0n) is 9.70. The molecule has 2 N–H and O–H groups in total. The lowest BCUT2D eigenvalue weighted by atomic mass is 9.85. The molecule has 88 valence electrons. The molecule has 0 saturated carbocycles. The van der Waals surface area contributed by atoms with E-state index < -0.39 is 0 Å². The Morgan fingerprint density at radius 2 is 2.19 bits per heavy atom. The van der Waals surface area contributed by atoms with Crippen LogP contribution in [0.1, 0.15) is 24.4 Å². The summed E-state index contributed by atoms with van der Waals surface area (Å²) < 4.78 is 13.8. The molecule has 3 heteroatoms. The summed E-state index contributed by atoms with van der Waals surface area (Å²) in [6, 6.07) is 7.18. The lowest BCUT2D eigenvalue weighted by Gasteiger charge is -2.39. The van der Waals surface area contributed by atoms with Crippen molar-refractivity contribution >= 4 is 0 Å². The molecule has 0 aromatic heterocycles. The van der Waals surface area contributed by atoms with Crippen LogP contribution in [0.3, 0.4) is 0 Å².